The minimum absolute atomic E-state index is 0.0980. The molecule has 2 atom stereocenters. The predicted octanol–water partition coefficient (Wildman–Crippen LogP) is 1.17. The second-order valence-electron chi connectivity index (χ2n) is 1.77. The lowest BCUT2D eigenvalue weighted by Gasteiger charge is -2.08. The van der Waals surface area contributed by atoms with Crippen LogP contribution in [0, 0.1) is 0 Å². The quantitative estimate of drug-likeness (QED) is 0.338. The van der Waals surface area contributed by atoms with Gasteiger partial charge in [0.1, 0.15) is 0 Å². The highest BCUT2D eigenvalue weighted by atomic mass is 35.5. The van der Waals surface area contributed by atoms with Crippen molar-refractivity contribution >= 4 is 33.4 Å². The van der Waals surface area contributed by atoms with Gasteiger partial charge < -0.3 is 0 Å². The third-order valence-corrected chi connectivity index (χ3v) is 3.83. The molecule has 0 aromatic rings. The monoisotopic (exact) mass is 168 g/mol. The van der Waals surface area contributed by atoms with Crippen molar-refractivity contribution in [1.29, 1.82) is 0 Å². The Labute approximate surface area is 63.3 Å². The summed E-state index contributed by atoms with van der Waals surface area (Å²) in [7, 11) is 1.05. The maximum absolute atomic E-state index is 5.75. The number of hydrogen-bond acceptors (Lipinski definition) is 0. The van der Waals surface area contributed by atoms with Crippen LogP contribution in [0.1, 0.15) is 0 Å². The summed E-state index contributed by atoms with van der Waals surface area (Å²) < 4.78 is 0. The summed E-state index contributed by atoms with van der Waals surface area (Å²) in [6.45, 7) is 3.62. The van der Waals surface area contributed by atoms with Gasteiger partial charge in [0.2, 0.25) is 0 Å². The van der Waals surface area contributed by atoms with Crippen LogP contribution in [0.25, 0.3) is 0 Å². The Bertz CT molecular complexity index is 74.8. The molecule has 0 aliphatic heterocycles. The van der Waals surface area contributed by atoms with Crippen LogP contribution in [0.2, 0.25) is 5.54 Å². The largest absolute Gasteiger partial charge is 0.125 e. The second kappa shape index (κ2) is 4.42. The summed E-state index contributed by atoms with van der Waals surface area (Å²) in [4.78, 5) is 0. The highest BCUT2D eigenvalue weighted by Gasteiger charge is 2.07. The first-order valence-corrected chi connectivity index (χ1v) is 4.67. The first kappa shape index (κ1) is 8.54. The van der Waals surface area contributed by atoms with Gasteiger partial charge >= 0.3 is 0 Å². The fourth-order valence-electron chi connectivity index (χ4n) is 0.288. The molecule has 0 fully saturated rings. The SMILES string of the molecule is C=CC([SiH3])C(Cl)CCl. The molecule has 0 nitrogen and oxygen atoms in total. The van der Waals surface area contributed by atoms with E-state index in [0.29, 0.717) is 11.4 Å². The van der Waals surface area contributed by atoms with Crippen LogP contribution in [0.5, 0.6) is 0 Å². The molecule has 0 saturated heterocycles. The standard InChI is InChI=1S/C5H10Cl2Si/c1-2-5(8)4(7)3-6/h2,4-5H,1,3H2,8H3. The lowest BCUT2D eigenvalue weighted by molar-refractivity contribution is 0.972. The molecule has 48 valence electrons. The van der Waals surface area contributed by atoms with Crippen molar-refractivity contribution in [2.24, 2.45) is 0 Å². The summed E-state index contributed by atoms with van der Waals surface area (Å²) in [5.41, 5.74) is 0.453. The summed E-state index contributed by atoms with van der Waals surface area (Å²) in [5.74, 6) is 0.530. The van der Waals surface area contributed by atoms with Crippen molar-refractivity contribution in [3.8, 4) is 0 Å². The van der Waals surface area contributed by atoms with Crippen LogP contribution < -0.4 is 0 Å². The highest BCUT2D eigenvalue weighted by Crippen LogP contribution is 2.14. The van der Waals surface area contributed by atoms with Gasteiger partial charge in [0.15, 0.2) is 0 Å². The molecule has 0 saturated carbocycles. The van der Waals surface area contributed by atoms with Crippen molar-refractivity contribution in [3.05, 3.63) is 12.7 Å². The minimum Gasteiger partial charge on any atom is -0.125 e. The molecular formula is C5H10Cl2Si. The van der Waals surface area contributed by atoms with E-state index in [-0.39, 0.29) is 5.38 Å². The lowest BCUT2D eigenvalue weighted by atomic mass is 10.3. The molecule has 0 aromatic carbocycles. The average molecular weight is 169 g/mol. The van der Waals surface area contributed by atoms with Crippen molar-refractivity contribution < 1.29 is 0 Å². The van der Waals surface area contributed by atoms with E-state index >= 15 is 0 Å². The Morgan fingerprint density at radius 1 is 1.75 bits per heavy atom. The maximum Gasteiger partial charge on any atom is 0.0500 e. The summed E-state index contributed by atoms with van der Waals surface area (Å²) in [5, 5.41) is 0.0980. The molecule has 0 N–H and O–H groups in total. The Kier molecular flexibility index (Phi) is 4.72. The van der Waals surface area contributed by atoms with Crippen LogP contribution in [0.3, 0.4) is 0 Å². The third kappa shape index (κ3) is 2.75. The van der Waals surface area contributed by atoms with Crippen molar-refractivity contribution in [1.82, 2.24) is 0 Å². The Morgan fingerprint density at radius 3 is 2.38 bits per heavy atom. The molecule has 0 aromatic heterocycles. The van der Waals surface area contributed by atoms with Crippen LogP contribution in [0.4, 0.5) is 0 Å². The van der Waals surface area contributed by atoms with Gasteiger partial charge in [-0.25, -0.2) is 0 Å². The number of rotatable bonds is 3. The van der Waals surface area contributed by atoms with Gasteiger partial charge in [0.25, 0.3) is 0 Å². The van der Waals surface area contributed by atoms with Crippen molar-refractivity contribution in [3.63, 3.8) is 0 Å². The Balaban J connectivity index is 3.44. The number of allylic oxidation sites excluding steroid dienone is 1. The summed E-state index contributed by atoms with van der Waals surface area (Å²) in [6.07, 6.45) is 1.87. The molecule has 0 radical (unpaired) electrons. The molecule has 0 spiro atoms. The number of hydrogen-bond donors (Lipinski definition) is 0. The molecule has 0 aliphatic rings. The third-order valence-electron chi connectivity index (χ3n) is 1.09. The molecule has 3 heteroatoms. The van der Waals surface area contributed by atoms with Crippen LogP contribution in [-0.2, 0) is 0 Å². The fourth-order valence-corrected chi connectivity index (χ4v) is 1.21. The first-order chi connectivity index (χ1) is 3.72. The van der Waals surface area contributed by atoms with Crippen molar-refractivity contribution in [2.45, 2.75) is 10.9 Å². The Hall–Kier alpha value is 0.537. The van der Waals surface area contributed by atoms with Crippen LogP contribution in [0.15, 0.2) is 12.7 Å². The molecule has 0 bridgehead atoms. The molecule has 0 heterocycles. The van der Waals surface area contributed by atoms with Crippen molar-refractivity contribution in [2.75, 3.05) is 5.88 Å². The molecular weight excluding hydrogens is 159 g/mol. The highest BCUT2D eigenvalue weighted by molar-refractivity contribution is 6.32. The molecule has 0 amide bonds. The van der Waals surface area contributed by atoms with E-state index in [2.05, 4.69) is 6.58 Å². The van der Waals surface area contributed by atoms with Gasteiger partial charge in [0, 0.05) is 16.1 Å². The van der Waals surface area contributed by atoms with Gasteiger partial charge in [-0.3, -0.25) is 0 Å². The smallest absolute Gasteiger partial charge is 0.0500 e. The van der Waals surface area contributed by atoms with Crippen LogP contribution >= 0.6 is 23.2 Å². The number of halogens is 2. The average Bonchev–Trinajstić information content (AvgIpc) is 1.84. The van der Waals surface area contributed by atoms with E-state index in [0.717, 1.165) is 10.2 Å². The van der Waals surface area contributed by atoms with Gasteiger partial charge in [-0.2, -0.15) is 0 Å². The van der Waals surface area contributed by atoms with E-state index in [4.69, 9.17) is 23.2 Å². The summed E-state index contributed by atoms with van der Waals surface area (Å²) >= 11 is 11.2. The zero-order chi connectivity index (χ0) is 6.57. The lowest BCUT2D eigenvalue weighted by Crippen LogP contribution is -2.07. The molecule has 2 unspecified atom stereocenters. The van der Waals surface area contributed by atoms with E-state index in [1.807, 2.05) is 6.08 Å². The minimum atomic E-state index is 0.0980. The van der Waals surface area contributed by atoms with E-state index in [9.17, 15) is 0 Å². The number of alkyl halides is 2. The normalized spacial score (nSPS) is 17.8. The van der Waals surface area contributed by atoms with Gasteiger partial charge in [-0.15, -0.1) is 29.8 Å². The van der Waals surface area contributed by atoms with Crippen LogP contribution in [-0.4, -0.2) is 21.5 Å². The molecule has 8 heavy (non-hydrogen) atoms. The first-order valence-electron chi connectivity index (χ1n) is 2.55. The molecule has 0 rings (SSSR count). The van der Waals surface area contributed by atoms with Gasteiger partial charge in [-0.1, -0.05) is 6.08 Å². The van der Waals surface area contributed by atoms with Gasteiger partial charge in [-0.05, 0) is 5.54 Å². The predicted molar refractivity (Wildman–Crippen MR) is 44.2 cm³/mol. The maximum atomic E-state index is 5.75. The molecule has 0 aliphatic carbocycles. The Morgan fingerprint density at radius 2 is 2.25 bits per heavy atom. The second-order valence-corrected chi connectivity index (χ2v) is 3.97. The fraction of sp³-hybridized carbons (Fsp3) is 0.600. The van der Waals surface area contributed by atoms with E-state index in [1.165, 1.54) is 0 Å². The topological polar surface area (TPSA) is 0 Å². The van der Waals surface area contributed by atoms with Gasteiger partial charge in [0.05, 0.1) is 5.38 Å². The van der Waals surface area contributed by atoms with E-state index in [1.54, 1.807) is 0 Å². The zero-order valence-electron chi connectivity index (χ0n) is 4.90. The zero-order valence-corrected chi connectivity index (χ0v) is 8.41. The van der Waals surface area contributed by atoms with E-state index < -0.39 is 0 Å². The summed E-state index contributed by atoms with van der Waals surface area (Å²) in [6, 6.07) is 0.